The van der Waals surface area contributed by atoms with Crippen LogP contribution < -0.4 is 0 Å². The molecule has 0 unspecified atom stereocenters. The minimum atomic E-state index is -0.236. The normalized spacial score (nSPS) is 31.0. The lowest BCUT2D eigenvalue weighted by Crippen LogP contribution is -2.55. The summed E-state index contributed by atoms with van der Waals surface area (Å²) in [6.45, 7) is 6.04. The second kappa shape index (κ2) is 9.59. The Labute approximate surface area is 175 Å². The lowest BCUT2D eigenvalue weighted by atomic mass is 9.77. The number of hydrogen-bond donors (Lipinski definition) is 1. The van der Waals surface area contributed by atoms with Gasteiger partial charge in [0.05, 0.1) is 6.10 Å². The van der Waals surface area contributed by atoms with E-state index >= 15 is 0 Å². The number of hydrogen-bond acceptors (Lipinski definition) is 4. The molecule has 0 aromatic heterocycles. The quantitative estimate of drug-likeness (QED) is 0.746. The van der Waals surface area contributed by atoms with Crippen LogP contribution in [0.15, 0.2) is 30.3 Å². The Morgan fingerprint density at radius 2 is 1.69 bits per heavy atom. The number of amides is 1. The number of piperazine rings is 1. The van der Waals surface area contributed by atoms with Crippen molar-refractivity contribution in [1.82, 2.24) is 14.7 Å². The molecule has 0 bridgehead atoms. The van der Waals surface area contributed by atoms with Crippen LogP contribution in [0.25, 0.3) is 0 Å². The highest BCUT2D eigenvalue weighted by Gasteiger charge is 2.44. The number of unbranched alkanes of at least 4 members (excludes halogenated alkanes) is 1. The van der Waals surface area contributed by atoms with Crippen LogP contribution in [0.5, 0.6) is 0 Å². The highest BCUT2D eigenvalue weighted by Crippen LogP contribution is 2.38. The molecule has 160 valence electrons. The van der Waals surface area contributed by atoms with Gasteiger partial charge in [-0.05, 0) is 56.6 Å². The van der Waals surface area contributed by atoms with Gasteiger partial charge >= 0.3 is 0 Å². The number of carbonyl (C=O) groups excluding carboxylic acids is 1. The topological polar surface area (TPSA) is 47.0 Å². The van der Waals surface area contributed by atoms with Crippen molar-refractivity contribution in [3.05, 3.63) is 35.9 Å². The van der Waals surface area contributed by atoms with Crippen LogP contribution in [0.4, 0.5) is 0 Å². The van der Waals surface area contributed by atoms with Crippen LogP contribution in [0.2, 0.25) is 0 Å². The molecule has 1 N–H and O–H groups in total. The molecule has 5 nitrogen and oxygen atoms in total. The van der Waals surface area contributed by atoms with Gasteiger partial charge in [0, 0.05) is 51.7 Å². The first-order valence-electron chi connectivity index (χ1n) is 11.5. The number of rotatable bonds is 6. The number of likely N-dealkylation sites (tertiary alicyclic amines) is 1. The van der Waals surface area contributed by atoms with Gasteiger partial charge < -0.3 is 14.9 Å². The molecular formula is C24H37N3O2. The number of nitrogens with zero attached hydrogens (tertiary/aromatic N) is 3. The Balaban J connectivity index is 1.22. The number of carbonyl (C=O) groups is 1. The lowest BCUT2D eigenvalue weighted by Gasteiger charge is -2.44. The van der Waals surface area contributed by atoms with E-state index < -0.39 is 0 Å². The molecule has 29 heavy (non-hydrogen) atoms. The molecule has 1 amide bonds. The van der Waals surface area contributed by atoms with E-state index in [4.69, 9.17) is 0 Å². The SMILES string of the molecule is CN1CCN([C@@H]2C[C@@H]3CN(C(=O)CCCCc4ccccc4)C[C@@H]3C[C@H]2O)CC1. The third-order valence-corrected chi connectivity index (χ3v) is 7.42. The third kappa shape index (κ3) is 5.19. The summed E-state index contributed by atoms with van der Waals surface area (Å²) in [7, 11) is 2.17. The molecule has 3 fully saturated rings. The van der Waals surface area contributed by atoms with Crippen molar-refractivity contribution < 1.29 is 9.90 Å². The van der Waals surface area contributed by atoms with Gasteiger partial charge in [0.1, 0.15) is 0 Å². The zero-order chi connectivity index (χ0) is 20.2. The Morgan fingerprint density at radius 1 is 1.00 bits per heavy atom. The summed E-state index contributed by atoms with van der Waals surface area (Å²) in [5, 5.41) is 10.8. The van der Waals surface area contributed by atoms with Gasteiger partial charge in [0.2, 0.25) is 5.91 Å². The first kappa shape index (κ1) is 20.8. The zero-order valence-electron chi connectivity index (χ0n) is 17.9. The molecule has 1 aliphatic carbocycles. The van der Waals surface area contributed by atoms with Crippen molar-refractivity contribution >= 4 is 5.91 Å². The number of likely N-dealkylation sites (N-methyl/N-ethyl adjacent to an activating group) is 1. The van der Waals surface area contributed by atoms with Crippen LogP contribution in [0.3, 0.4) is 0 Å². The molecule has 2 saturated heterocycles. The second-order valence-electron chi connectivity index (χ2n) is 9.46. The van der Waals surface area contributed by atoms with Gasteiger partial charge in [-0.15, -0.1) is 0 Å². The number of aliphatic hydroxyl groups is 1. The smallest absolute Gasteiger partial charge is 0.222 e. The minimum absolute atomic E-state index is 0.236. The summed E-state index contributed by atoms with van der Waals surface area (Å²) >= 11 is 0. The van der Waals surface area contributed by atoms with Crippen molar-refractivity contribution in [2.24, 2.45) is 11.8 Å². The molecular weight excluding hydrogens is 362 g/mol. The minimum Gasteiger partial charge on any atom is -0.391 e. The molecule has 2 aliphatic heterocycles. The maximum absolute atomic E-state index is 12.7. The van der Waals surface area contributed by atoms with Gasteiger partial charge in [-0.3, -0.25) is 9.69 Å². The summed E-state index contributed by atoms with van der Waals surface area (Å²) < 4.78 is 0. The number of aryl methyl sites for hydroxylation is 1. The maximum Gasteiger partial charge on any atom is 0.222 e. The molecule has 1 saturated carbocycles. The predicted molar refractivity (Wildman–Crippen MR) is 116 cm³/mol. The Hall–Kier alpha value is -1.43. The highest BCUT2D eigenvalue weighted by atomic mass is 16.3. The van der Waals surface area contributed by atoms with E-state index in [1.165, 1.54) is 5.56 Å². The number of fused-ring (bicyclic) bond motifs is 1. The van der Waals surface area contributed by atoms with Gasteiger partial charge in [0.25, 0.3) is 0 Å². The average Bonchev–Trinajstić information content (AvgIpc) is 3.15. The average molecular weight is 400 g/mol. The molecule has 4 rings (SSSR count). The van der Waals surface area contributed by atoms with E-state index in [1.54, 1.807) is 0 Å². The van der Waals surface area contributed by atoms with Crippen LogP contribution in [-0.4, -0.2) is 84.2 Å². The van der Waals surface area contributed by atoms with Crippen molar-refractivity contribution in [1.29, 1.82) is 0 Å². The molecule has 5 heteroatoms. The zero-order valence-corrected chi connectivity index (χ0v) is 17.9. The van der Waals surface area contributed by atoms with E-state index in [1.807, 2.05) is 6.07 Å². The predicted octanol–water partition coefficient (Wildman–Crippen LogP) is 2.24. The summed E-state index contributed by atoms with van der Waals surface area (Å²) in [6.07, 6.45) is 5.43. The first-order valence-corrected chi connectivity index (χ1v) is 11.5. The third-order valence-electron chi connectivity index (χ3n) is 7.42. The van der Waals surface area contributed by atoms with E-state index in [0.29, 0.717) is 24.2 Å². The Kier molecular flexibility index (Phi) is 6.88. The van der Waals surface area contributed by atoms with Crippen molar-refractivity contribution in [3.63, 3.8) is 0 Å². The highest BCUT2D eigenvalue weighted by molar-refractivity contribution is 5.76. The van der Waals surface area contributed by atoms with Gasteiger partial charge in [0.15, 0.2) is 0 Å². The summed E-state index contributed by atoms with van der Waals surface area (Å²) in [5.74, 6) is 1.37. The molecule has 1 aromatic rings. The fourth-order valence-corrected chi connectivity index (χ4v) is 5.57. The molecule has 0 spiro atoms. The van der Waals surface area contributed by atoms with E-state index in [0.717, 1.165) is 71.4 Å². The number of aliphatic hydroxyl groups excluding tert-OH is 1. The summed E-state index contributed by atoms with van der Waals surface area (Å²) in [5.41, 5.74) is 1.36. The number of benzene rings is 1. The monoisotopic (exact) mass is 399 g/mol. The van der Waals surface area contributed by atoms with Crippen LogP contribution in [-0.2, 0) is 11.2 Å². The van der Waals surface area contributed by atoms with E-state index in [9.17, 15) is 9.90 Å². The van der Waals surface area contributed by atoms with Gasteiger partial charge in [-0.25, -0.2) is 0 Å². The van der Waals surface area contributed by atoms with Crippen LogP contribution in [0, 0.1) is 11.8 Å². The van der Waals surface area contributed by atoms with Crippen molar-refractivity contribution in [2.45, 2.75) is 50.7 Å². The Morgan fingerprint density at radius 3 is 2.41 bits per heavy atom. The molecule has 3 aliphatic rings. The van der Waals surface area contributed by atoms with E-state index in [2.05, 4.69) is 46.0 Å². The fourth-order valence-electron chi connectivity index (χ4n) is 5.57. The molecule has 2 heterocycles. The lowest BCUT2D eigenvalue weighted by molar-refractivity contribution is -0.130. The molecule has 4 atom stereocenters. The second-order valence-corrected chi connectivity index (χ2v) is 9.46. The Bertz CT molecular complexity index is 659. The molecule has 1 aromatic carbocycles. The summed E-state index contributed by atoms with van der Waals surface area (Å²) in [4.78, 5) is 19.7. The largest absolute Gasteiger partial charge is 0.391 e. The van der Waals surface area contributed by atoms with Gasteiger partial charge in [-0.1, -0.05) is 30.3 Å². The van der Waals surface area contributed by atoms with E-state index in [-0.39, 0.29) is 12.1 Å². The summed E-state index contributed by atoms with van der Waals surface area (Å²) in [6, 6.07) is 10.8. The van der Waals surface area contributed by atoms with Crippen molar-refractivity contribution in [3.8, 4) is 0 Å². The van der Waals surface area contributed by atoms with Gasteiger partial charge in [-0.2, -0.15) is 0 Å². The first-order chi connectivity index (χ1) is 14.1. The van der Waals surface area contributed by atoms with Crippen LogP contribution in [0.1, 0.15) is 37.7 Å². The molecule has 0 radical (unpaired) electrons. The standard InChI is InChI=1S/C24H37N3O2/c1-25-11-13-26(14-12-25)22-15-20-17-27(18-21(20)16-23(22)28)24(29)10-6-5-9-19-7-3-2-4-8-19/h2-4,7-8,20-23,28H,5-6,9-18H2,1H3/t20-,21+,22-,23-/m1/s1. The fraction of sp³-hybridized carbons (Fsp3) is 0.708. The maximum atomic E-state index is 12.7. The van der Waals surface area contributed by atoms with Crippen molar-refractivity contribution in [2.75, 3.05) is 46.3 Å². The van der Waals surface area contributed by atoms with Crippen LogP contribution >= 0.6 is 0 Å².